The predicted molar refractivity (Wildman–Crippen MR) is 60.1 cm³/mol. The molecular formula is C11H19N3O. The summed E-state index contributed by atoms with van der Waals surface area (Å²) in [6.07, 6.45) is 4.64. The normalized spacial score (nSPS) is 14.9. The van der Waals surface area contributed by atoms with Gasteiger partial charge in [-0.1, -0.05) is 0 Å². The first-order chi connectivity index (χ1) is 7.19. The quantitative estimate of drug-likeness (QED) is 0.567. The fraction of sp³-hybridized carbons (Fsp3) is 0.545. The molecule has 15 heavy (non-hydrogen) atoms. The maximum Gasteiger partial charge on any atom is 0.0561 e. The Morgan fingerprint density at radius 2 is 2.33 bits per heavy atom. The molecule has 2 atom stereocenters. The van der Waals surface area contributed by atoms with E-state index in [-0.39, 0.29) is 12.1 Å². The topological polar surface area (TPSA) is 60.2 Å². The standard InChI is InChI=1S/C11H19N3O/c1-8-4-5-13-7-10(8)11(14-12)6-9(2)15-3/h4-5,7,9,11,14H,6,12H2,1-3H3. The van der Waals surface area contributed by atoms with Crippen LogP contribution in [-0.4, -0.2) is 18.2 Å². The number of nitrogens with zero attached hydrogens (tertiary/aromatic N) is 1. The number of nitrogens with one attached hydrogen (secondary N) is 1. The molecule has 0 radical (unpaired) electrons. The van der Waals surface area contributed by atoms with Crippen LogP contribution in [0.4, 0.5) is 0 Å². The van der Waals surface area contributed by atoms with Crippen LogP contribution in [0.25, 0.3) is 0 Å². The zero-order valence-electron chi connectivity index (χ0n) is 9.53. The molecule has 1 rings (SSSR count). The number of hydrogen-bond donors (Lipinski definition) is 2. The highest BCUT2D eigenvalue weighted by Gasteiger charge is 2.15. The van der Waals surface area contributed by atoms with Crippen LogP contribution in [0.1, 0.15) is 30.5 Å². The van der Waals surface area contributed by atoms with E-state index in [9.17, 15) is 0 Å². The first-order valence-electron chi connectivity index (χ1n) is 5.08. The van der Waals surface area contributed by atoms with Crippen LogP contribution in [0, 0.1) is 6.92 Å². The number of ether oxygens (including phenoxy) is 1. The summed E-state index contributed by atoms with van der Waals surface area (Å²) in [5.41, 5.74) is 5.12. The zero-order chi connectivity index (χ0) is 11.3. The van der Waals surface area contributed by atoms with E-state index in [1.807, 2.05) is 19.2 Å². The molecule has 0 aliphatic heterocycles. The molecule has 4 heteroatoms. The van der Waals surface area contributed by atoms with Gasteiger partial charge in [-0.2, -0.15) is 0 Å². The molecule has 0 aliphatic carbocycles. The molecule has 0 aliphatic rings. The maximum absolute atomic E-state index is 5.54. The number of aryl methyl sites for hydroxylation is 1. The van der Waals surface area contributed by atoms with Crippen molar-refractivity contribution in [2.45, 2.75) is 32.4 Å². The monoisotopic (exact) mass is 209 g/mol. The number of nitrogens with two attached hydrogens (primary N) is 1. The summed E-state index contributed by atoms with van der Waals surface area (Å²) in [4.78, 5) is 4.11. The van der Waals surface area contributed by atoms with Gasteiger partial charge in [0.1, 0.15) is 0 Å². The smallest absolute Gasteiger partial charge is 0.0561 e. The van der Waals surface area contributed by atoms with Crippen LogP contribution in [-0.2, 0) is 4.74 Å². The Kier molecular flexibility index (Phi) is 4.68. The highest BCUT2D eigenvalue weighted by molar-refractivity contribution is 5.24. The van der Waals surface area contributed by atoms with Crippen LogP contribution >= 0.6 is 0 Å². The van der Waals surface area contributed by atoms with Gasteiger partial charge in [-0.3, -0.25) is 16.3 Å². The average molecular weight is 209 g/mol. The first-order valence-corrected chi connectivity index (χ1v) is 5.08. The van der Waals surface area contributed by atoms with Gasteiger partial charge in [0.15, 0.2) is 0 Å². The van der Waals surface area contributed by atoms with Gasteiger partial charge >= 0.3 is 0 Å². The lowest BCUT2D eigenvalue weighted by molar-refractivity contribution is 0.100. The third kappa shape index (κ3) is 3.27. The second kappa shape index (κ2) is 5.80. The molecule has 1 aromatic heterocycles. The third-order valence-electron chi connectivity index (χ3n) is 2.63. The highest BCUT2D eigenvalue weighted by atomic mass is 16.5. The number of rotatable bonds is 5. The minimum absolute atomic E-state index is 0.0913. The number of aromatic nitrogens is 1. The average Bonchev–Trinajstić information content (AvgIpc) is 2.26. The molecule has 4 nitrogen and oxygen atoms in total. The SMILES string of the molecule is COC(C)CC(NN)c1cnccc1C. The second-order valence-electron chi connectivity index (χ2n) is 3.73. The molecule has 1 aromatic rings. The van der Waals surface area contributed by atoms with Crippen LogP contribution in [0.5, 0.6) is 0 Å². The fourth-order valence-electron chi connectivity index (χ4n) is 1.55. The van der Waals surface area contributed by atoms with E-state index in [2.05, 4.69) is 17.3 Å². The number of methoxy groups -OCH3 is 1. The van der Waals surface area contributed by atoms with Crippen LogP contribution in [0.2, 0.25) is 0 Å². The molecule has 0 bridgehead atoms. The Balaban J connectivity index is 2.78. The van der Waals surface area contributed by atoms with Crippen molar-refractivity contribution in [3.8, 4) is 0 Å². The lowest BCUT2D eigenvalue weighted by Crippen LogP contribution is -2.31. The maximum atomic E-state index is 5.54. The van der Waals surface area contributed by atoms with Gasteiger partial charge in [0, 0.05) is 19.5 Å². The Bertz CT molecular complexity index is 304. The molecule has 84 valence electrons. The molecule has 0 saturated carbocycles. The molecule has 0 saturated heterocycles. The van der Waals surface area contributed by atoms with Crippen molar-refractivity contribution in [2.24, 2.45) is 5.84 Å². The Morgan fingerprint density at radius 3 is 2.87 bits per heavy atom. The van der Waals surface area contributed by atoms with Gasteiger partial charge in [-0.15, -0.1) is 0 Å². The van der Waals surface area contributed by atoms with E-state index in [1.165, 1.54) is 5.56 Å². The summed E-state index contributed by atoms with van der Waals surface area (Å²) in [6.45, 7) is 4.08. The molecule has 1 heterocycles. The molecule has 0 fully saturated rings. The molecule has 3 N–H and O–H groups in total. The van der Waals surface area contributed by atoms with E-state index in [0.29, 0.717) is 0 Å². The van der Waals surface area contributed by atoms with Gasteiger partial charge in [-0.25, -0.2) is 0 Å². The molecule has 0 amide bonds. The van der Waals surface area contributed by atoms with Crippen LogP contribution in [0.3, 0.4) is 0 Å². The summed E-state index contributed by atoms with van der Waals surface area (Å²) >= 11 is 0. The number of pyridine rings is 1. The first kappa shape index (κ1) is 12.1. The van der Waals surface area contributed by atoms with Gasteiger partial charge in [-0.05, 0) is 37.5 Å². The second-order valence-corrected chi connectivity index (χ2v) is 3.73. The minimum Gasteiger partial charge on any atom is -0.382 e. The van der Waals surface area contributed by atoms with Crippen molar-refractivity contribution in [3.63, 3.8) is 0 Å². The minimum atomic E-state index is 0.0913. The van der Waals surface area contributed by atoms with Crippen LogP contribution in [0.15, 0.2) is 18.5 Å². The van der Waals surface area contributed by atoms with Crippen molar-refractivity contribution >= 4 is 0 Å². The van der Waals surface area contributed by atoms with Gasteiger partial charge < -0.3 is 4.74 Å². The third-order valence-corrected chi connectivity index (χ3v) is 2.63. The van der Waals surface area contributed by atoms with Gasteiger partial charge in [0.25, 0.3) is 0 Å². The van der Waals surface area contributed by atoms with E-state index >= 15 is 0 Å². The van der Waals surface area contributed by atoms with Crippen molar-refractivity contribution in [1.82, 2.24) is 10.4 Å². The van der Waals surface area contributed by atoms with Gasteiger partial charge in [0.2, 0.25) is 0 Å². The highest BCUT2D eigenvalue weighted by Crippen LogP contribution is 2.20. The Morgan fingerprint density at radius 1 is 1.60 bits per heavy atom. The largest absolute Gasteiger partial charge is 0.382 e. The van der Waals surface area contributed by atoms with E-state index in [1.54, 1.807) is 13.3 Å². The lowest BCUT2D eigenvalue weighted by Gasteiger charge is -2.20. The van der Waals surface area contributed by atoms with Crippen molar-refractivity contribution in [2.75, 3.05) is 7.11 Å². The van der Waals surface area contributed by atoms with Crippen molar-refractivity contribution in [1.29, 1.82) is 0 Å². The Hall–Kier alpha value is -0.970. The summed E-state index contributed by atoms with van der Waals surface area (Å²) < 4.78 is 5.23. The summed E-state index contributed by atoms with van der Waals surface area (Å²) in [7, 11) is 1.70. The lowest BCUT2D eigenvalue weighted by atomic mass is 9.99. The number of hydrogen-bond acceptors (Lipinski definition) is 4. The molecule has 0 spiro atoms. The number of hydrazine groups is 1. The van der Waals surface area contributed by atoms with Gasteiger partial charge in [0.05, 0.1) is 12.1 Å². The summed E-state index contributed by atoms with van der Waals surface area (Å²) in [5, 5.41) is 0. The van der Waals surface area contributed by atoms with E-state index in [4.69, 9.17) is 10.6 Å². The Labute approximate surface area is 90.8 Å². The van der Waals surface area contributed by atoms with E-state index < -0.39 is 0 Å². The molecular weight excluding hydrogens is 190 g/mol. The summed E-state index contributed by atoms with van der Waals surface area (Å²) in [6, 6.07) is 2.07. The molecule has 2 unspecified atom stereocenters. The van der Waals surface area contributed by atoms with Crippen molar-refractivity contribution < 1.29 is 4.74 Å². The zero-order valence-corrected chi connectivity index (χ0v) is 9.53. The predicted octanol–water partition coefficient (Wildman–Crippen LogP) is 1.32. The summed E-state index contributed by atoms with van der Waals surface area (Å²) in [5.74, 6) is 5.54. The van der Waals surface area contributed by atoms with E-state index in [0.717, 1.165) is 12.0 Å². The van der Waals surface area contributed by atoms with Crippen LogP contribution < -0.4 is 11.3 Å². The van der Waals surface area contributed by atoms with Crippen molar-refractivity contribution in [3.05, 3.63) is 29.6 Å². The fourth-order valence-corrected chi connectivity index (χ4v) is 1.55. The molecule has 0 aromatic carbocycles.